The second-order valence-electron chi connectivity index (χ2n) is 7.33. The minimum Gasteiger partial charge on any atom is -0.356 e. The Morgan fingerprint density at radius 2 is 1.78 bits per heavy atom. The van der Waals surface area contributed by atoms with Gasteiger partial charge in [-0.3, -0.25) is 14.7 Å². The molecular formula is C17H35N5O. The summed E-state index contributed by atoms with van der Waals surface area (Å²) in [6, 6.07) is 0. The maximum absolute atomic E-state index is 12.1. The molecule has 0 aromatic carbocycles. The Bertz CT molecular complexity index is 398. The highest BCUT2D eigenvalue weighted by Crippen LogP contribution is 2.14. The molecule has 1 saturated heterocycles. The molecule has 2 N–H and O–H groups in total. The molecular weight excluding hydrogens is 290 g/mol. The molecule has 1 aliphatic rings. The summed E-state index contributed by atoms with van der Waals surface area (Å²) in [5.74, 6) is 1.67. The van der Waals surface area contributed by atoms with Crippen LogP contribution in [-0.4, -0.2) is 74.5 Å². The SMILES string of the molecule is CCNC(=O)C(C)(C)CNC(=NC)N1CCN(CC(C)C)CC1. The van der Waals surface area contributed by atoms with Crippen LogP contribution in [0.15, 0.2) is 4.99 Å². The molecule has 1 rings (SSSR count). The third kappa shape index (κ3) is 6.37. The Hall–Kier alpha value is -1.30. The number of rotatable bonds is 6. The van der Waals surface area contributed by atoms with Gasteiger partial charge in [-0.25, -0.2) is 0 Å². The fourth-order valence-electron chi connectivity index (χ4n) is 2.77. The van der Waals surface area contributed by atoms with Crippen LogP contribution in [0, 0.1) is 11.3 Å². The first kappa shape index (κ1) is 19.7. The van der Waals surface area contributed by atoms with E-state index < -0.39 is 5.41 Å². The summed E-state index contributed by atoms with van der Waals surface area (Å²) < 4.78 is 0. The first-order valence-corrected chi connectivity index (χ1v) is 8.76. The number of nitrogens with zero attached hydrogens (tertiary/aromatic N) is 3. The summed E-state index contributed by atoms with van der Waals surface area (Å²) in [6.07, 6.45) is 0. The molecule has 1 aliphatic heterocycles. The van der Waals surface area contributed by atoms with Crippen LogP contribution >= 0.6 is 0 Å². The van der Waals surface area contributed by atoms with Crippen molar-refractivity contribution in [2.75, 3.05) is 52.9 Å². The number of carbonyl (C=O) groups is 1. The van der Waals surface area contributed by atoms with E-state index in [0.717, 1.165) is 38.7 Å². The van der Waals surface area contributed by atoms with Gasteiger partial charge in [-0.2, -0.15) is 0 Å². The number of aliphatic imine (C=N–C) groups is 1. The summed E-state index contributed by atoms with van der Waals surface area (Å²) in [6.45, 7) is 16.9. The molecule has 134 valence electrons. The highest BCUT2D eigenvalue weighted by molar-refractivity contribution is 5.84. The Kier molecular flexibility index (Phi) is 7.82. The predicted molar refractivity (Wildman–Crippen MR) is 96.7 cm³/mol. The Morgan fingerprint density at radius 1 is 1.17 bits per heavy atom. The number of amides is 1. The molecule has 1 fully saturated rings. The molecule has 1 heterocycles. The van der Waals surface area contributed by atoms with E-state index in [1.807, 2.05) is 27.8 Å². The van der Waals surface area contributed by atoms with Crippen molar-refractivity contribution in [3.05, 3.63) is 0 Å². The molecule has 0 atom stereocenters. The van der Waals surface area contributed by atoms with Gasteiger partial charge in [-0.05, 0) is 26.7 Å². The van der Waals surface area contributed by atoms with Crippen molar-refractivity contribution in [2.45, 2.75) is 34.6 Å². The lowest BCUT2D eigenvalue weighted by molar-refractivity contribution is -0.128. The van der Waals surface area contributed by atoms with Gasteiger partial charge in [0.2, 0.25) is 5.91 Å². The molecule has 0 bridgehead atoms. The molecule has 23 heavy (non-hydrogen) atoms. The Labute approximate surface area is 141 Å². The molecule has 0 aliphatic carbocycles. The molecule has 6 heteroatoms. The summed E-state index contributed by atoms with van der Waals surface area (Å²) in [5, 5.41) is 6.26. The monoisotopic (exact) mass is 325 g/mol. The van der Waals surface area contributed by atoms with Gasteiger partial charge in [0.05, 0.1) is 5.41 Å². The average molecular weight is 326 g/mol. The van der Waals surface area contributed by atoms with Crippen molar-refractivity contribution in [1.29, 1.82) is 0 Å². The summed E-state index contributed by atoms with van der Waals surface area (Å²) in [7, 11) is 1.81. The highest BCUT2D eigenvalue weighted by Gasteiger charge is 2.28. The van der Waals surface area contributed by atoms with Gasteiger partial charge >= 0.3 is 0 Å². The second-order valence-corrected chi connectivity index (χ2v) is 7.33. The van der Waals surface area contributed by atoms with Crippen molar-refractivity contribution in [3.63, 3.8) is 0 Å². The predicted octanol–water partition coefficient (Wildman–Crippen LogP) is 0.998. The number of guanidine groups is 1. The minimum atomic E-state index is -0.453. The van der Waals surface area contributed by atoms with Crippen molar-refractivity contribution in [1.82, 2.24) is 20.4 Å². The van der Waals surface area contributed by atoms with Crippen molar-refractivity contribution >= 4 is 11.9 Å². The van der Waals surface area contributed by atoms with Crippen LogP contribution in [0.5, 0.6) is 0 Å². The quantitative estimate of drug-likeness (QED) is 0.565. The van der Waals surface area contributed by atoms with Gasteiger partial charge in [0.15, 0.2) is 5.96 Å². The van der Waals surface area contributed by atoms with Gasteiger partial charge in [0, 0.05) is 52.9 Å². The molecule has 0 aromatic heterocycles. The van der Waals surface area contributed by atoms with E-state index >= 15 is 0 Å². The number of hydrogen-bond donors (Lipinski definition) is 2. The molecule has 6 nitrogen and oxygen atoms in total. The maximum atomic E-state index is 12.1. The van der Waals surface area contributed by atoms with Crippen LogP contribution in [-0.2, 0) is 4.79 Å². The third-order valence-corrected chi connectivity index (χ3v) is 4.15. The van der Waals surface area contributed by atoms with E-state index in [9.17, 15) is 4.79 Å². The van der Waals surface area contributed by atoms with E-state index in [1.54, 1.807) is 0 Å². The lowest BCUT2D eigenvalue weighted by Gasteiger charge is -2.37. The molecule has 0 unspecified atom stereocenters. The molecule has 0 saturated carbocycles. The molecule has 0 radical (unpaired) electrons. The number of nitrogens with one attached hydrogen (secondary N) is 2. The smallest absolute Gasteiger partial charge is 0.227 e. The second kappa shape index (κ2) is 9.11. The van der Waals surface area contributed by atoms with Gasteiger partial charge in [0.25, 0.3) is 0 Å². The normalized spacial score (nSPS) is 17.5. The number of carbonyl (C=O) groups excluding carboxylic acids is 1. The van der Waals surface area contributed by atoms with Crippen molar-refractivity contribution in [3.8, 4) is 0 Å². The number of hydrogen-bond acceptors (Lipinski definition) is 3. The van der Waals surface area contributed by atoms with E-state index in [0.29, 0.717) is 19.0 Å². The van der Waals surface area contributed by atoms with Crippen LogP contribution in [0.3, 0.4) is 0 Å². The van der Waals surface area contributed by atoms with Crippen LogP contribution in [0.4, 0.5) is 0 Å². The fourth-order valence-corrected chi connectivity index (χ4v) is 2.77. The van der Waals surface area contributed by atoms with Crippen LogP contribution < -0.4 is 10.6 Å². The standard InChI is InChI=1S/C17H35N5O/c1-7-19-15(23)17(4,5)13-20-16(18-6)22-10-8-21(9-11-22)12-14(2)3/h14H,7-13H2,1-6H3,(H,18,20)(H,19,23). The molecule has 1 amide bonds. The largest absolute Gasteiger partial charge is 0.356 e. The van der Waals surface area contributed by atoms with E-state index in [1.165, 1.54) is 0 Å². The van der Waals surface area contributed by atoms with Crippen LogP contribution in [0.2, 0.25) is 0 Å². The van der Waals surface area contributed by atoms with Gasteiger partial charge < -0.3 is 15.5 Å². The fraction of sp³-hybridized carbons (Fsp3) is 0.882. The zero-order valence-corrected chi connectivity index (χ0v) is 15.8. The lowest BCUT2D eigenvalue weighted by Crippen LogP contribution is -2.55. The Balaban J connectivity index is 2.48. The number of piperazine rings is 1. The topological polar surface area (TPSA) is 60.0 Å². The summed E-state index contributed by atoms with van der Waals surface area (Å²) >= 11 is 0. The minimum absolute atomic E-state index is 0.0738. The van der Waals surface area contributed by atoms with Crippen LogP contribution in [0.25, 0.3) is 0 Å². The van der Waals surface area contributed by atoms with E-state index in [2.05, 4.69) is 39.3 Å². The highest BCUT2D eigenvalue weighted by atomic mass is 16.2. The van der Waals surface area contributed by atoms with E-state index in [4.69, 9.17) is 0 Å². The van der Waals surface area contributed by atoms with Gasteiger partial charge in [0.1, 0.15) is 0 Å². The van der Waals surface area contributed by atoms with Crippen molar-refractivity contribution < 1.29 is 4.79 Å². The zero-order chi connectivity index (χ0) is 17.5. The Morgan fingerprint density at radius 3 is 2.26 bits per heavy atom. The first-order valence-electron chi connectivity index (χ1n) is 8.76. The average Bonchev–Trinajstić information content (AvgIpc) is 2.49. The zero-order valence-electron chi connectivity index (χ0n) is 15.8. The van der Waals surface area contributed by atoms with Gasteiger partial charge in [-0.1, -0.05) is 13.8 Å². The summed E-state index contributed by atoms with van der Waals surface area (Å²) in [5.41, 5.74) is -0.453. The third-order valence-electron chi connectivity index (χ3n) is 4.15. The molecule has 0 aromatic rings. The van der Waals surface area contributed by atoms with Crippen molar-refractivity contribution in [2.24, 2.45) is 16.3 Å². The molecule has 0 spiro atoms. The van der Waals surface area contributed by atoms with E-state index in [-0.39, 0.29) is 5.91 Å². The first-order chi connectivity index (χ1) is 10.8. The van der Waals surface area contributed by atoms with Gasteiger partial charge in [-0.15, -0.1) is 0 Å². The van der Waals surface area contributed by atoms with Crippen LogP contribution in [0.1, 0.15) is 34.6 Å². The summed E-state index contributed by atoms with van der Waals surface area (Å²) in [4.78, 5) is 21.3. The lowest BCUT2D eigenvalue weighted by atomic mass is 9.92. The maximum Gasteiger partial charge on any atom is 0.227 e.